The Morgan fingerprint density at radius 2 is 1.88 bits per heavy atom. The van der Waals surface area contributed by atoms with E-state index in [0.29, 0.717) is 24.2 Å². The molecule has 0 aliphatic heterocycles. The average Bonchev–Trinajstić information content (AvgIpc) is 3.45. The fourth-order valence-corrected chi connectivity index (χ4v) is 5.90. The summed E-state index contributed by atoms with van der Waals surface area (Å²) in [7, 11) is -3.74. The smallest absolute Gasteiger partial charge is 0.276 e. The third-order valence-corrected chi connectivity index (χ3v) is 7.84. The van der Waals surface area contributed by atoms with E-state index in [9.17, 15) is 18.3 Å². The van der Waals surface area contributed by atoms with Gasteiger partial charge in [-0.05, 0) is 37.0 Å². The van der Waals surface area contributed by atoms with Crippen LogP contribution in [0.5, 0.6) is 0 Å². The van der Waals surface area contributed by atoms with Gasteiger partial charge < -0.3 is 5.11 Å². The minimum absolute atomic E-state index is 0.0437. The second-order valence-electron chi connectivity index (χ2n) is 8.08. The molecule has 9 heteroatoms. The summed E-state index contributed by atoms with van der Waals surface area (Å²) >= 11 is 0. The molecule has 0 bridgehead atoms. The summed E-state index contributed by atoms with van der Waals surface area (Å²) in [6.45, 7) is 0.223. The van der Waals surface area contributed by atoms with E-state index < -0.39 is 10.0 Å². The Hall–Kier alpha value is -2.75. The molecule has 32 heavy (non-hydrogen) atoms. The van der Waals surface area contributed by atoms with E-state index in [2.05, 4.69) is 10.1 Å². The van der Waals surface area contributed by atoms with E-state index in [-0.39, 0.29) is 29.6 Å². The van der Waals surface area contributed by atoms with Crippen LogP contribution in [0.1, 0.15) is 43.2 Å². The van der Waals surface area contributed by atoms with Gasteiger partial charge in [-0.25, -0.2) is 18.1 Å². The normalized spacial score (nSPS) is 14.9. The zero-order valence-electron chi connectivity index (χ0n) is 17.9. The van der Waals surface area contributed by atoms with Gasteiger partial charge in [-0.2, -0.15) is 4.31 Å². The molecule has 1 aliphatic rings. The van der Waals surface area contributed by atoms with Crippen molar-refractivity contribution >= 4 is 10.0 Å². The van der Waals surface area contributed by atoms with E-state index in [1.807, 2.05) is 30.3 Å². The number of rotatable bonds is 9. The minimum atomic E-state index is -3.74. The predicted octanol–water partition coefficient (Wildman–Crippen LogP) is 2.47. The fraction of sp³-hybridized carbons (Fsp3) is 0.391. The standard InChI is InChI=1S/C23H28N4O4S/c28-14-6-13-26(20-9-4-5-10-20)32(30,31)21-11-12-22(24-17-21)27-23(29)19(16-25-27)15-18-7-2-1-3-8-18/h1-3,7-8,11-12,16-17,20,25,28H,4-6,9-10,13-15H2. The molecule has 170 valence electrons. The molecule has 3 aromatic rings. The van der Waals surface area contributed by atoms with Crippen molar-refractivity contribution in [3.05, 3.63) is 76.3 Å². The van der Waals surface area contributed by atoms with Gasteiger partial charge in [0.25, 0.3) is 5.56 Å². The molecule has 8 nitrogen and oxygen atoms in total. The molecule has 0 unspecified atom stereocenters. The highest BCUT2D eigenvalue weighted by Gasteiger charge is 2.33. The number of nitrogens with zero attached hydrogens (tertiary/aromatic N) is 3. The zero-order valence-corrected chi connectivity index (χ0v) is 18.7. The van der Waals surface area contributed by atoms with Crippen molar-refractivity contribution in [3.63, 3.8) is 0 Å². The molecule has 0 radical (unpaired) electrons. The molecule has 2 N–H and O–H groups in total. The second-order valence-corrected chi connectivity index (χ2v) is 9.98. The molecule has 2 heterocycles. The summed E-state index contributed by atoms with van der Waals surface area (Å²) in [6, 6.07) is 12.7. The SMILES string of the molecule is O=c1c(Cc2ccccc2)c[nH]n1-c1ccc(S(=O)(=O)N(CCCO)C2CCCC2)cn1. The molecule has 0 saturated heterocycles. The van der Waals surface area contributed by atoms with Crippen LogP contribution in [0.3, 0.4) is 0 Å². The highest BCUT2D eigenvalue weighted by molar-refractivity contribution is 7.89. The molecule has 1 fully saturated rings. The van der Waals surface area contributed by atoms with Crippen molar-refractivity contribution in [2.45, 2.75) is 49.5 Å². The van der Waals surface area contributed by atoms with Gasteiger partial charge in [0.2, 0.25) is 10.0 Å². The van der Waals surface area contributed by atoms with Crippen LogP contribution < -0.4 is 5.56 Å². The molecule has 0 spiro atoms. The van der Waals surface area contributed by atoms with Crippen molar-refractivity contribution in [1.82, 2.24) is 19.1 Å². The zero-order chi connectivity index (χ0) is 22.6. The first-order valence-corrected chi connectivity index (χ1v) is 12.4. The topological polar surface area (TPSA) is 108 Å². The summed E-state index contributed by atoms with van der Waals surface area (Å²) in [5, 5.41) is 12.1. The van der Waals surface area contributed by atoms with Gasteiger partial charge in [-0.1, -0.05) is 43.2 Å². The van der Waals surface area contributed by atoms with Crippen LogP contribution >= 0.6 is 0 Å². The van der Waals surface area contributed by atoms with Crippen LogP contribution in [0.15, 0.2) is 64.5 Å². The van der Waals surface area contributed by atoms with E-state index in [0.717, 1.165) is 31.2 Å². The lowest BCUT2D eigenvalue weighted by molar-refractivity contribution is 0.250. The summed E-state index contributed by atoms with van der Waals surface area (Å²) in [5.74, 6) is 0.330. The number of aromatic amines is 1. The molecule has 2 aromatic heterocycles. The monoisotopic (exact) mass is 456 g/mol. The van der Waals surface area contributed by atoms with Gasteiger partial charge in [-0.3, -0.25) is 9.89 Å². The van der Waals surface area contributed by atoms with Crippen molar-refractivity contribution in [1.29, 1.82) is 0 Å². The minimum Gasteiger partial charge on any atom is -0.396 e. The number of benzene rings is 1. The molecule has 1 aromatic carbocycles. The summed E-state index contributed by atoms with van der Waals surface area (Å²) in [5.41, 5.74) is 1.42. The van der Waals surface area contributed by atoms with Crippen molar-refractivity contribution in [2.75, 3.05) is 13.2 Å². The molecular weight excluding hydrogens is 428 g/mol. The summed E-state index contributed by atoms with van der Waals surface area (Å²) in [6.07, 6.45) is 7.52. The first-order chi connectivity index (χ1) is 15.5. The van der Waals surface area contributed by atoms with Crippen molar-refractivity contribution in [2.24, 2.45) is 0 Å². The van der Waals surface area contributed by atoms with E-state index in [1.54, 1.807) is 6.20 Å². The highest BCUT2D eigenvalue weighted by Crippen LogP contribution is 2.28. The largest absolute Gasteiger partial charge is 0.396 e. The summed E-state index contributed by atoms with van der Waals surface area (Å²) < 4.78 is 29.4. The van der Waals surface area contributed by atoms with Gasteiger partial charge in [-0.15, -0.1) is 0 Å². The molecule has 1 aliphatic carbocycles. The molecule has 4 rings (SSSR count). The lowest BCUT2D eigenvalue weighted by Crippen LogP contribution is -2.39. The quantitative estimate of drug-likeness (QED) is 0.514. The first kappa shape index (κ1) is 22.4. The number of pyridine rings is 1. The Morgan fingerprint density at radius 1 is 1.12 bits per heavy atom. The second kappa shape index (κ2) is 9.81. The van der Waals surface area contributed by atoms with Gasteiger partial charge in [0.1, 0.15) is 4.90 Å². The number of aliphatic hydroxyl groups is 1. The van der Waals surface area contributed by atoms with Crippen LogP contribution in [0.2, 0.25) is 0 Å². The first-order valence-electron chi connectivity index (χ1n) is 10.9. The Bertz CT molecular complexity index is 1180. The van der Waals surface area contributed by atoms with Gasteiger partial charge in [0.15, 0.2) is 5.82 Å². The van der Waals surface area contributed by atoms with Crippen LogP contribution in [0, 0.1) is 0 Å². The van der Waals surface area contributed by atoms with Crippen molar-refractivity contribution < 1.29 is 13.5 Å². The summed E-state index contributed by atoms with van der Waals surface area (Å²) in [4.78, 5) is 17.2. The molecule has 0 amide bonds. The maximum absolute atomic E-state index is 13.3. The number of hydrogen-bond acceptors (Lipinski definition) is 5. The Balaban J connectivity index is 1.56. The van der Waals surface area contributed by atoms with Crippen LogP contribution in [0.25, 0.3) is 5.82 Å². The molecule has 1 saturated carbocycles. The Kier molecular flexibility index (Phi) is 6.88. The predicted molar refractivity (Wildman–Crippen MR) is 121 cm³/mol. The van der Waals surface area contributed by atoms with Gasteiger partial charge in [0.05, 0.1) is 0 Å². The maximum Gasteiger partial charge on any atom is 0.276 e. The average molecular weight is 457 g/mol. The molecular formula is C23H28N4O4S. The molecule has 0 atom stereocenters. The number of hydrogen-bond donors (Lipinski definition) is 2. The maximum atomic E-state index is 13.3. The number of nitrogens with one attached hydrogen (secondary N) is 1. The van der Waals surface area contributed by atoms with Gasteiger partial charge in [0, 0.05) is 43.6 Å². The third-order valence-electron chi connectivity index (χ3n) is 5.91. The van der Waals surface area contributed by atoms with Crippen LogP contribution in [0.4, 0.5) is 0 Å². The third kappa shape index (κ3) is 4.69. The lowest BCUT2D eigenvalue weighted by Gasteiger charge is -2.27. The van der Waals surface area contributed by atoms with E-state index >= 15 is 0 Å². The Labute approximate surface area is 187 Å². The van der Waals surface area contributed by atoms with Crippen molar-refractivity contribution in [3.8, 4) is 5.82 Å². The van der Waals surface area contributed by atoms with E-state index in [4.69, 9.17) is 0 Å². The number of H-pyrrole nitrogens is 1. The number of sulfonamides is 1. The highest BCUT2D eigenvalue weighted by atomic mass is 32.2. The van der Waals surface area contributed by atoms with Crippen LogP contribution in [-0.2, 0) is 16.4 Å². The van der Waals surface area contributed by atoms with Crippen LogP contribution in [-0.4, -0.2) is 51.8 Å². The lowest BCUT2D eigenvalue weighted by atomic mass is 10.1. The number of aliphatic hydroxyl groups excluding tert-OH is 1. The van der Waals surface area contributed by atoms with E-state index in [1.165, 1.54) is 27.3 Å². The number of aromatic nitrogens is 3. The fourth-order valence-electron chi connectivity index (χ4n) is 4.23. The Morgan fingerprint density at radius 3 is 2.53 bits per heavy atom. The van der Waals surface area contributed by atoms with Gasteiger partial charge >= 0.3 is 0 Å².